The molecule has 2 N–H and O–H groups in total. The Morgan fingerprint density at radius 3 is 2.71 bits per heavy atom. The fourth-order valence-electron chi connectivity index (χ4n) is 1.84. The van der Waals surface area contributed by atoms with Crippen molar-refractivity contribution in [3.8, 4) is 0 Å². The number of hydrogen-bond acceptors (Lipinski definition) is 4. The molecule has 5 nitrogen and oxygen atoms in total. The minimum atomic E-state index is 0.271. The van der Waals surface area contributed by atoms with Crippen molar-refractivity contribution in [1.82, 2.24) is 19.6 Å². The highest BCUT2D eigenvalue weighted by Gasteiger charge is 2.12. The fourth-order valence-corrected chi connectivity index (χ4v) is 1.84. The molecule has 3 aromatic rings. The van der Waals surface area contributed by atoms with Crippen LogP contribution in [0.2, 0.25) is 0 Å². The molecule has 0 spiro atoms. The molecule has 3 rings (SSSR count). The van der Waals surface area contributed by atoms with Gasteiger partial charge in [0.05, 0.1) is 5.52 Å². The van der Waals surface area contributed by atoms with Gasteiger partial charge >= 0.3 is 0 Å². The van der Waals surface area contributed by atoms with Gasteiger partial charge in [0.15, 0.2) is 11.5 Å². The third kappa shape index (κ3) is 1.43. The zero-order valence-corrected chi connectivity index (χ0v) is 9.75. The van der Waals surface area contributed by atoms with Crippen molar-refractivity contribution in [3.05, 3.63) is 30.1 Å². The van der Waals surface area contributed by atoms with Gasteiger partial charge in [-0.1, -0.05) is 26.0 Å². The number of nitrogens with two attached hydrogens (primary N) is 1. The molecule has 0 amide bonds. The number of rotatable bonds is 1. The predicted molar refractivity (Wildman–Crippen MR) is 66.8 cm³/mol. The molecule has 0 unspecified atom stereocenters. The van der Waals surface area contributed by atoms with Gasteiger partial charge in [-0.2, -0.15) is 4.52 Å². The molecule has 2 heterocycles. The Balaban J connectivity index is 2.47. The Kier molecular flexibility index (Phi) is 2.01. The lowest BCUT2D eigenvalue weighted by molar-refractivity contribution is 0.765. The van der Waals surface area contributed by atoms with Crippen molar-refractivity contribution in [2.45, 2.75) is 19.8 Å². The molecular weight excluding hydrogens is 214 g/mol. The molecule has 17 heavy (non-hydrogen) atoms. The van der Waals surface area contributed by atoms with E-state index in [-0.39, 0.29) is 5.92 Å². The zero-order valence-electron chi connectivity index (χ0n) is 9.75. The molecule has 5 heteroatoms. The lowest BCUT2D eigenvalue weighted by Gasteiger charge is -2.00. The number of nitrogens with zero attached hydrogens (tertiary/aromatic N) is 4. The van der Waals surface area contributed by atoms with Gasteiger partial charge in [-0.3, -0.25) is 0 Å². The van der Waals surface area contributed by atoms with E-state index in [1.54, 1.807) is 4.52 Å². The second kappa shape index (κ2) is 3.41. The van der Waals surface area contributed by atoms with Crippen molar-refractivity contribution < 1.29 is 0 Å². The molecule has 0 saturated carbocycles. The number of fused-ring (bicyclic) bond motifs is 3. The summed E-state index contributed by atoms with van der Waals surface area (Å²) >= 11 is 0. The first-order valence-corrected chi connectivity index (χ1v) is 5.57. The van der Waals surface area contributed by atoms with E-state index in [1.165, 1.54) is 0 Å². The summed E-state index contributed by atoms with van der Waals surface area (Å²) in [6.45, 7) is 4.11. The maximum absolute atomic E-state index is 5.89. The summed E-state index contributed by atoms with van der Waals surface area (Å²) < 4.78 is 1.61. The fraction of sp³-hybridized carbons (Fsp3) is 0.250. The van der Waals surface area contributed by atoms with Crippen molar-refractivity contribution in [2.75, 3.05) is 5.73 Å². The molecular formula is C12H13N5. The number of anilines is 1. The first kappa shape index (κ1) is 10.0. The van der Waals surface area contributed by atoms with Crippen LogP contribution in [0.4, 0.5) is 5.95 Å². The number of aromatic nitrogens is 4. The van der Waals surface area contributed by atoms with Gasteiger partial charge in [0.1, 0.15) is 0 Å². The van der Waals surface area contributed by atoms with E-state index in [0.717, 1.165) is 22.4 Å². The van der Waals surface area contributed by atoms with Crippen molar-refractivity contribution in [1.29, 1.82) is 0 Å². The average Bonchev–Trinajstić information content (AvgIpc) is 2.75. The highest BCUT2D eigenvalue weighted by Crippen LogP contribution is 2.20. The number of hydrogen-bond donors (Lipinski definition) is 1. The summed E-state index contributed by atoms with van der Waals surface area (Å²) in [7, 11) is 0. The van der Waals surface area contributed by atoms with E-state index in [9.17, 15) is 0 Å². The standard InChI is InChI=1S/C12H13N5/c1-7(2)10-15-11-8-5-3-4-6-9(8)14-12(13)17(11)16-10/h3-7H,1-2H3,(H2,13,14). The maximum Gasteiger partial charge on any atom is 0.223 e. The molecule has 1 aromatic carbocycles. The van der Waals surface area contributed by atoms with Gasteiger partial charge in [-0.25, -0.2) is 9.97 Å². The SMILES string of the molecule is CC(C)c1nc2c3ccccc3nc(N)n2n1. The first-order chi connectivity index (χ1) is 8.16. The van der Waals surface area contributed by atoms with Gasteiger partial charge in [0.25, 0.3) is 0 Å². The first-order valence-electron chi connectivity index (χ1n) is 5.57. The quantitative estimate of drug-likeness (QED) is 0.690. The van der Waals surface area contributed by atoms with E-state index < -0.39 is 0 Å². The molecule has 2 aromatic heterocycles. The Labute approximate surface area is 98.3 Å². The number of nitrogen functional groups attached to an aromatic ring is 1. The summed E-state index contributed by atoms with van der Waals surface area (Å²) in [6.07, 6.45) is 0. The zero-order chi connectivity index (χ0) is 12.0. The lowest BCUT2D eigenvalue weighted by Crippen LogP contribution is -2.02. The van der Waals surface area contributed by atoms with Crippen LogP contribution in [0, 0.1) is 0 Å². The smallest absolute Gasteiger partial charge is 0.223 e. The summed E-state index contributed by atoms with van der Waals surface area (Å²) in [5.41, 5.74) is 7.51. The highest BCUT2D eigenvalue weighted by molar-refractivity contribution is 5.92. The Bertz CT molecular complexity index is 699. The van der Waals surface area contributed by atoms with Crippen molar-refractivity contribution >= 4 is 22.5 Å². The van der Waals surface area contributed by atoms with E-state index in [1.807, 2.05) is 24.3 Å². The molecule has 0 radical (unpaired) electrons. The Hall–Kier alpha value is -2.17. The molecule has 0 saturated heterocycles. The van der Waals surface area contributed by atoms with E-state index in [0.29, 0.717) is 5.95 Å². The van der Waals surface area contributed by atoms with Gasteiger partial charge in [0.2, 0.25) is 5.95 Å². The number of benzene rings is 1. The summed E-state index contributed by atoms with van der Waals surface area (Å²) in [6, 6.07) is 7.81. The van der Waals surface area contributed by atoms with Crippen LogP contribution >= 0.6 is 0 Å². The van der Waals surface area contributed by atoms with E-state index in [2.05, 4.69) is 28.9 Å². The molecule has 0 aliphatic rings. The summed E-state index contributed by atoms with van der Waals surface area (Å²) in [5, 5.41) is 5.35. The van der Waals surface area contributed by atoms with Crippen LogP contribution in [0.1, 0.15) is 25.6 Å². The third-order valence-electron chi connectivity index (χ3n) is 2.74. The van der Waals surface area contributed by atoms with Crippen molar-refractivity contribution in [3.63, 3.8) is 0 Å². The van der Waals surface area contributed by atoms with Gasteiger partial charge in [0, 0.05) is 11.3 Å². The van der Waals surface area contributed by atoms with Crippen LogP contribution in [0.15, 0.2) is 24.3 Å². The maximum atomic E-state index is 5.89. The Morgan fingerprint density at radius 1 is 1.18 bits per heavy atom. The molecule has 86 valence electrons. The van der Waals surface area contributed by atoms with Crippen LogP contribution in [0.25, 0.3) is 16.6 Å². The monoisotopic (exact) mass is 227 g/mol. The largest absolute Gasteiger partial charge is 0.368 e. The predicted octanol–water partition coefficient (Wildman–Crippen LogP) is 1.98. The van der Waals surface area contributed by atoms with Crippen LogP contribution in [-0.2, 0) is 0 Å². The van der Waals surface area contributed by atoms with Crippen LogP contribution in [0.3, 0.4) is 0 Å². The second-order valence-electron chi connectivity index (χ2n) is 4.35. The molecule has 0 fully saturated rings. The van der Waals surface area contributed by atoms with Gasteiger partial charge in [-0.05, 0) is 12.1 Å². The highest BCUT2D eigenvalue weighted by atomic mass is 15.3. The minimum absolute atomic E-state index is 0.271. The second-order valence-corrected chi connectivity index (χ2v) is 4.35. The van der Waals surface area contributed by atoms with Crippen LogP contribution in [0.5, 0.6) is 0 Å². The topological polar surface area (TPSA) is 69.1 Å². The van der Waals surface area contributed by atoms with E-state index in [4.69, 9.17) is 5.73 Å². The number of para-hydroxylation sites is 1. The van der Waals surface area contributed by atoms with Crippen LogP contribution < -0.4 is 5.73 Å². The lowest BCUT2D eigenvalue weighted by atomic mass is 10.2. The van der Waals surface area contributed by atoms with Gasteiger partial charge in [-0.15, -0.1) is 5.10 Å². The summed E-state index contributed by atoms with van der Waals surface area (Å²) in [5.74, 6) is 1.43. The molecule has 0 aliphatic carbocycles. The molecule has 0 bridgehead atoms. The minimum Gasteiger partial charge on any atom is -0.368 e. The molecule has 0 aliphatic heterocycles. The van der Waals surface area contributed by atoms with E-state index >= 15 is 0 Å². The Morgan fingerprint density at radius 2 is 1.94 bits per heavy atom. The normalized spacial score (nSPS) is 11.7. The van der Waals surface area contributed by atoms with Crippen LogP contribution in [-0.4, -0.2) is 19.6 Å². The molecule has 0 atom stereocenters. The van der Waals surface area contributed by atoms with Crippen molar-refractivity contribution in [2.24, 2.45) is 0 Å². The average molecular weight is 227 g/mol. The summed E-state index contributed by atoms with van der Waals surface area (Å²) in [4.78, 5) is 8.85. The van der Waals surface area contributed by atoms with Gasteiger partial charge < -0.3 is 5.73 Å². The third-order valence-corrected chi connectivity index (χ3v) is 2.74.